The van der Waals surface area contributed by atoms with Crippen molar-refractivity contribution in [2.75, 3.05) is 5.43 Å². The van der Waals surface area contributed by atoms with E-state index in [1.807, 2.05) is 0 Å². The van der Waals surface area contributed by atoms with Crippen LogP contribution in [0.25, 0.3) is 0 Å². The maximum atomic E-state index is 12.2. The standard InChI is InChI=1S/C11H6F3N5O3/c1-6-2-8(22-11(12,13)14)3-9(19(20)21)10(6)18-17-7(4-15)5-16/h2-3,18H,1H3. The Hall–Kier alpha value is -3.34. The van der Waals surface area contributed by atoms with Gasteiger partial charge < -0.3 is 4.74 Å². The van der Waals surface area contributed by atoms with Crippen molar-refractivity contribution in [2.24, 2.45) is 5.10 Å². The molecule has 114 valence electrons. The first-order chi connectivity index (χ1) is 10.2. The molecule has 0 aliphatic carbocycles. The van der Waals surface area contributed by atoms with Gasteiger partial charge in [0.05, 0.1) is 11.0 Å². The molecule has 0 spiro atoms. The van der Waals surface area contributed by atoms with E-state index >= 15 is 0 Å². The number of benzene rings is 1. The number of anilines is 1. The van der Waals surface area contributed by atoms with Crippen LogP contribution in [0.2, 0.25) is 0 Å². The van der Waals surface area contributed by atoms with Gasteiger partial charge in [0.1, 0.15) is 23.6 Å². The first kappa shape index (κ1) is 16.7. The number of nitrogens with zero attached hydrogens (tertiary/aromatic N) is 4. The van der Waals surface area contributed by atoms with E-state index in [0.29, 0.717) is 6.07 Å². The minimum absolute atomic E-state index is 0.00688. The van der Waals surface area contributed by atoms with E-state index in [1.54, 1.807) is 0 Å². The summed E-state index contributed by atoms with van der Waals surface area (Å²) < 4.78 is 40.1. The molecule has 0 unspecified atom stereocenters. The minimum atomic E-state index is -5.00. The minimum Gasteiger partial charge on any atom is -0.406 e. The molecule has 0 amide bonds. The summed E-state index contributed by atoms with van der Waals surface area (Å²) in [5, 5.41) is 31.2. The molecule has 0 heterocycles. The Kier molecular flexibility index (Phi) is 4.87. The van der Waals surface area contributed by atoms with Crippen molar-refractivity contribution in [2.45, 2.75) is 13.3 Å². The number of halogens is 3. The summed E-state index contributed by atoms with van der Waals surface area (Å²) in [4.78, 5) is 9.97. The molecule has 0 saturated heterocycles. The third kappa shape index (κ3) is 4.35. The van der Waals surface area contributed by atoms with Gasteiger partial charge in [0.2, 0.25) is 5.71 Å². The molecule has 8 nitrogen and oxygen atoms in total. The Bertz CT molecular complexity index is 699. The quantitative estimate of drug-likeness (QED) is 0.517. The monoisotopic (exact) mass is 313 g/mol. The Morgan fingerprint density at radius 1 is 1.41 bits per heavy atom. The van der Waals surface area contributed by atoms with Gasteiger partial charge in [-0.25, -0.2) is 0 Å². The van der Waals surface area contributed by atoms with Crippen LogP contribution in [0.15, 0.2) is 17.2 Å². The largest absolute Gasteiger partial charge is 0.573 e. The van der Waals surface area contributed by atoms with E-state index in [-0.39, 0.29) is 11.3 Å². The summed E-state index contributed by atoms with van der Waals surface area (Å²) in [6.45, 7) is 1.27. The van der Waals surface area contributed by atoms with Gasteiger partial charge >= 0.3 is 6.36 Å². The van der Waals surface area contributed by atoms with E-state index < -0.39 is 28.4 Å². The van der Waals surface area contributed by atoms with E-state index in [2.05, 4.69) is 15.3 Å². The number of ether oxygens (including phenoxy) is 1. The van der Waals surface area contributed by atoms with E-state index in [1.165, 1.54) is 19.1 Å². The smallest absolute Gasteiger partial charge is 0.406 e. The highest BCUT2D eigenvalue weighted by Gasteiger charge is 2.32. The lowest BCUT2D eigenvalue weighted by Crippen LogP contribution is -2.17. The molecule has 0 aliphatic rings. The number of nitrogens with one attached hydrogen (secondary N) is 1. The van der Waals surface area contributed by atoms with Crippen LogP contribution in [-0.4, -0.2) is 17.0 Å². The van der Waals surface area contributed by atoms with Crippen LogP contribution in [0.1, 0.15) is 5.56 Å². The van der Waals surface area contributed by atoms with Crippen molar-refractivity contribution < 1.29 is 22.8 Å². The molecule has 1 N–H and O–H groups in total. The van der Waals surface area contributed by atoms with Crippen LogP contribution in [0.5, 0.6) is 5.75 Å². The van der Waals surface area contributed by atoms with Crippen molar-refractivity contribution in [3.8, 4) is 17.9 Å². The summed E-state index contributed by atoms with van der Waals surface area (Å²) in [6.07, 6.45) is -5.00. The Labute approximate surface area is 121 Å². The fourth-order valence-electron chi connectivity index (χ4n) is 1.40. The van der Waals surface area contributed by atoms with Crippen LogP contribution in [-0.2, 0) is 0 Å². The number of aryl methyl sites for hydroxylation is 1. The fraction of sp³-hybridized carbons (Fsp3) is 0.182. The summed E-state index contributed by atoms with van der Waals surface area (Å²) >= 11 is 0. The molecule has 11 heteroatoms. The third-order valence-corrected chi connectivity index (χ3v) is 2.21. The topological polar surface area (TPSA) is 124 Å². The number of rotatable bonds is 4. The fourth-order valence-corrected chi connectivity index (χ4v) is 1.40. The second kappa shape index (κ2) is 6.41. The zero-order valence-corrected chi connectivity index (χ0v) is 10.8. The first-order valence-corrected chi connectivity index (χ1v) is 5.36. The lowest BCUT2D eigenvalue weighted by molar-refractivity contribution is -0.384. The van der Waals surface area contributed by atoms with Gasteiger partial charge in [-0.2, -0.15) is 15.6 Å². The number of hydrogen-bond acceptors (Lipinski definition) is 7. The molecule has 0 bridgehead atoms. The number of hydrazone groups is 1. The van der Waals surface area contributed by atoms with Crippen LogP contribution in [0.4, 0.5) is 24.5 Å². The molecule has 0 radical (unpaired) electrons. The second-order valence-electron chi connectivity index (χ2n) is 3.74. The molecular weight excluding hydrogens is 307 g/mol. The summed E-state index contributed by atoms with van der Waals surface area (Å²) in [6, 6.07) is 4.28. The summed E-state index contributed by atoms with van der Waals surface area (Å²) in [5.74, 6) is -0.771. The molecule has 0 aliphatic heterocycles. The third-order valence-electron chi connectivity index (χ3n) is 2.21. The molecule has 22 heavy (non-hydrogen) atoms. The van der Waals surface area contributed by atoms with Gasteiger partial charge in [-0.05, 0) is 18.6 Å². The first-order valence-electron chi connectivity index (χ1n) is 5.36. The Morgan fingerprint density at radius 2 is 2.00 bits per heavy atom. The second-order valence-corrected chi connectivity index (χ2v) is 3.74. The van der Waals surface area contributed by atoms with Gasteiger partial charge in [0.25, 0.3) is 5.69 Å². The van der Waals surface area contributed by atoms with Gasteiger partial charge in [0, 0.05) is 0 Å². The van der Waals surface area contributed by atoms with Crippen molar-refractivity contribution in [3.63, 3.8) is 0 Å². The van der Waals surface area contributed by atoms with E-state index in [9.17, 15) is 23.3 Å². The van der Waals surface area contributed by atoms with Gasteiger partial charge in [-0.1, -0.05) is 0 Å². The molecule has 1 aromatic rings. The normalized spacial score (nSPS) is 10.1. The lowest BCUT2D eigenvalue weighted by atomic mass is 10.1. The predicted octanol–water partition coefficient (Wildman–Crippen LogP) is 2.62. The van der Waals surface area contributed by atoms with Gasteiger partial charge in [0.15, 0.2) is 0 Å². The highest BCUT2D eigenvalue weighted by molar-refractivity contribution is 6.10. The number of nitro benzene ring substituents is 1. The average Bonchev–Trinajstić information content (AvgIpc) is 2.39. The van der Waals surface area contributed by atoms with Crippen LogP contribution < -0.4 is 10.2 Å². The van der Waals surface area contributed by atoms with E-state index in [4.69, 9.17) is 10.5 Å². The van der Waals surface area contributed by atoms with Crippen molar-refractivity contribution in [1.29, 1.82) is 10.5 Å². The van der Waals surface area contributed by atoms with Crippen molar-refractivity contribution in [1.82, 2.24) is 0 Å². The maximum absolute atomic E-state index is 12.2. The zero-order chi connectivity index (χ0) is 16.9. The zero-order valence-electron chi connectivity index (χ0n) is 10.8. The molecule has 0 fully saturated rings. The lowest BCUT2D eigenvalue weighted by Gasteiger charge is -2.12. The molecule has 0 aromatic heterocycles. The number of hydrogen-bond donors (Lipinski definition) is 1. The Morgan fingerprint density at radius 3 is 2.45 bits per heavy atom. The van der Waals surface area contributed by atoms with Crippen molar-refractivity contribution in [3.05, 3.63) is 27.8 Å². The van der Waals surface area contributed by atoms with Crippen LogP contribution >= 0.6 is 0 Å². The SMILES string of the molecule is Cc1cc(OC(F)(F)F)cc([N+](=O)[O-])c1NN=C(C#N)C#N. The van der Waals surface area contributed by atoms with E-state index in [0.717, 1.165) is 6.07 Å². The number of nitriles is 2. The van der Waals surface area contributed by atoms with Crippen LogP contribution in [0.3, 0.4) is 0 Å². The number of nitro groups is 1. The molecule has 1 rings (SSSR count). The summed E-state index contributed by atoms with van der Waals surface area (Å²) in [5.41, 5.74) is 0.506. The maximum Gasteiger partial charge on any atom is 0.573 e. The highest BCUT2D eigenvalue weighted by atomic mass is 19.4. The summed E-state index contributed by atoms with van der Waals surface area (Å²) in [7, 11) is 0. The van der Waals surface area contributed by atoms with Crippen LogP contribution in [0, 0.1) is 39.7 Å². The van der Waals surface area contributed by atoms with Gasteiger partial charge in [-0.15, -0.1) is 13.2 Å². The predicted molar refractivity (Wildman–Crippen MR) is 66.8 cm³/mol. The Balaban J connectivity index is 3.30. The van der Waals surface area contributed by atoms with Crippen molar-refractivity contribution >= 4 is 17.1 Å². The molecule has 0 atom stereocenters. The number of alkyl halides is 3. The molecule has 1 aromatic carbocycles. The molecular formula is C11H6F3N5O3. The molecule has 0 saturated carbocycles. The van der Waals surface area contributed by atoms with Gasteiger partial charge in [-0.3, -0.25) is 15.5 Å². The highest BCUT2D eigenvalue weighted by Crippen LogP contribution is 2.35. The average molecular weight is 313 g/mol.